The molecule has 1 aromatic heterocycles. The van der Waals surface area contributed by atoms with Gasteiger partial charge in [-0.25, -0.2) is 0 Å². The molecule has 50 valence electrons. The zero-order valence-electron chi connectivity index (χ0n) is 4.91. The number of fused-ring (bicyclic) bond motifs is 1. The second-order valence-corrected chi connectivity index (χ2v) is 3.01. The zero-order chi connectivity index (χ0) is 6.97. The van der Waals surface area contributed by atoms with Crippen LogP contribution in [0, 0.1) is 5.82 Å². The Morgan fingerprint density at radius 2 is 2.00 bits per heavy atom. The van der Waals surface area contributed by atoms with Crippen molar-refractivity contribution in [3.05, 3.63) is 24.0 Å². The molecule has 1 aromatic carbocycles. The minimum atomic E-state index is -0.240. The topological polar surface area (TPSA) is 25.8 Å². The van der Waals surface area contributed by atoms with E-state index in [-0.39, 0.29) is 20.8 Å². The molecular weight excluding hydrogens is 198 g/mol. The molecule has 4 heteroatoms. The van der Waals surface area contributed by atoms with Crippen LogP contribution in [0.2, 0.25) is 0 Å². The third-order valence-electron chi connectivity index (χ3n) is 1.22. The Balaban J connectivity index is 2.86. The quantitative estimate of drug-likeness (QED) is 0.590. The van der Waals surface area contributed by atoms with E-state index < -0.39 is 0 Å². The van der Waals surface area contributed by atoms with Crippen LogP contribution < -0.4 is 0 Å². The zero-order valence-corrected chi connectivity index (χ0v) is 6.63. The fraction of sp³-hybridized carbons (Fsp3) is 0. The summed E-state index contributed by atoms with van der Waals surface area (Å²) in [4.78, 5) is 0. The predicted molar refractivity (Wildman–Crippen MR) is 36.4 cm³/mol. The monoisotopic (exact) mass is 202 g/mol. The van der Waals surface area contributed by atoms with Crippen LogP contribution >= 0.6 is 0 Å². The average Bonchev–Trinajstić information content (AvgIpc) is 2.33. The molecule has 0 amide bonds. The van der Waals surface area contributed by atoms with E-state index in [0.717, 1.165) is 5.52 Å². The third kappa shape index (κ3) is 0.856. The van der Waals surface area contributed by atoms with E-state index in [0.29, 0.717) is 5.52 Å². The molecule has 0 aliphatic rings. The molecule has 0 saturated carbocycles. The van der Waals surface area contributed by atoms with Gasteiger partial charge in [-0.2, -0.15) is 0 Å². The minimum absolute atomic E-state index is 0.0455. The first-order valence-electron chi connectivity index (χ1n) is 2.74. The summed E-state index contributed by atoms with van der Waals surface area (Å²) in [5.74, 6) is -0.240. The van der Waals surface area contributed by atoms with Crippen LogP contribution in [0.25, 0.3) is 11.0 Å². The van der Waals surface area contributed by atoms with Crippen LogP contribution in [-0.2, 0) is 0 Å². The normalized spacial score (nSPS) is 10.5. The number of aromatic nitrogens is 2. The summed E-state index contributed by atoms with van der Waals surface area (Å²) in [6, 6.07) is 4.47. The van der Waals surface area contributed by atoms with E-state index in [2.05, 4.69) is 7.96 Å². The molecule has 2 nitrogen and oxygen atoms in total. The molecule has 2 rings (SSSR count). The van der Waals surface area contributed by atoms with Crippen molar-refractivity contribution in [3.8, 4) is 0 Å². The van der Waals surface area contributed by atoms with Gasteiger partial charge in [-0.15, -0.1) is 0 Å². The molecule has 0 unspecified atom stereocenters. The molecule has 0 bridgehead atoms. The molecule has 0 saturated heterocycles. The summed E-state index contributed by atoms with van der Waals surface area (Å²) in [7, 11) is 0. The van der Waals surface area contributed by atoms with Gasteiger partial charge >= 0.3 is 62.4 Å². The van der Waals surface area contributed by atoms with Crippen molar-refractivity contribution in [3.63, 3.8) is 0 Å². The van der Waals surface area contributed by atoms with Gasteiger partial charge in [-0.3, -0.25) is 0 Å². The summed E-state index contributed by atoms with van der Waals surface area (Å²) in [6.45, 7) is 0. The Labute approximate surface area is 62.9 Å². The number of halogens is 1. The van der Waals surface area contributed by atoms with E-state index in [1.165, 1.54) is 12.1 Å². The van der Waals surface area contributed by atoms with Crippen molar-refractivity contribution < 1.29 is 4.39 Å². The second kappa shape index (κ2) is 2.15. The number of hydrogen-bond donors (Lipinski definition) is 0. The number of nitrogens with zero attached hydrogens (tertiary/aromatic N) is 2. The maximum absolute atomic E-state index is 12.5. The van der Waals surface area contributed by atoms with Crippen LogP contribution in [-0.4, -0.2) is 22.9 Å². The Morgan fingerprint density at radius 1 is 1.20 bits per heavy atom. The third-order valence-corrected chi connectivity index (χ3v) is 2.38. The van der Waals surface area contributed by atoms with Gasteiger partial charge in [0.25, 0.3) is 0 Å². The summed E-state index contributed by atoms with van der Waals surface area (Å²) < 4.78 is 20.6. The van der Waals surface area contributed by atoms with Crippen molar-refractivity contribution in [1.82, 2.24) is 7.96 Å². The molecule has 0 radical (unpaired) electrons. The fourth-order valence-corrected chi connectivity index (χ4v) is 1.84. The number of benzene rings is 1. The van der Waals surface area contributed by atoms with Crippen LogP contribution in [0.5, 0.6) is 0 Å². The maximum atomic E-state index is 12.5. The molecule has 0 fully saturated rings. The van der Waals surface area contributed by atoms with Gasteiger partial charge < -0.3 is 0 Å². The second-order valence-electron chi connectivity index (χ2n) is 1.90. The van der Waals surface area contributed by atoms with Crippen molar-refractivity contribution in [1.29, 1.82) is 0 Å². The molecular formula is C6H3FN2Se. The van der Waals surface area contributed by atoms with Gasteiger partial charge in [-0.1, -0.05) is 0 Å². The Bertz CT molecular complexity index is 357. The fourth-order valence-electron chi connectivity index (χ4n) is 0.755. The average molecular weight is 201 g/mol. The first-order chi connectivity index (χ1) is 4.86. The Morgan fingerprint density at radius 3 is 2.90 bits per heavy atom. The SMILES string of the molecule is Fc1ccc2n[se]nc2c1. The van der Waals surface area contributed by atoms with Gasteiger partial charge in [0.1, 0.15) is 0 Å². The van der Waals surface area contributed by atoms with E-state index in [1.807, 2.05) is 0 Å². The van der Waals surface area contributed by atoms with Gasteiger partial charge in [0.2, 0.25) is 0 Å². The number of hydrogen-bond acceptors (Lipinski definition) is 2. The van der Waals surface area contributed by atoms with E-state index in [4.69, 9.17) is 0 Å². The Hall–Kier alpha value is -0.731. The van der Waals surface area contributed by atoms with Crippen LogP contribution in [0.1, 0.15) is 0 Å². The molecule has 0 spiro atoms. The summed E-state index contributed by atoms with van der Waals surface area (Å²) >= 11 is -0.0455. The van der Waals surface area contributed by atoms with E-state index in [1.54, 1.807) is 6.07 Å². The van der Waals surface area contributed by atoms with Crippen LogP contribution in [0.15, 0.2) is 18.2 Å². The first kappa shape index (κ1) is 6.01. The summed E-state index contributed by atoms with van der Waals surface area (Å²) in [5, 5.41) is 0. The van der Waals surface area contributed by atoms with Crippen LogP contribution in [0.3, 0.4) is 0 Å². The molecule has 0 aliphatic heterocycles. The van der Waals surface area contributed by atoms with Crippen LogP contribution in [0.4, 0.5) is 4.39 Å². The van der Waals surface area contributed by atoms with Gasteiger partial charge in [-0.05, 0) is 0 Å². The molecule has 0 N–H and O–H groups in total. The van der Waals surface area contributed by atoms with Gasteiger partial charge in [0.05, 0.1) is 0 Å². The first-order valence-corrected chi connectivity index (χ1v) is 4.27. The molecule has 1 heterocycles. The molecule has 10 heavy (non-hydrogen) atoms. The van der Waals surface area contributed by atoms with E-state index >= 15 is 0 Å². The van der Waals surface area contributed by atoms with E-state index in [9.17, 15) is 4.39 Å². The van der Waals surface area contributed by atoms with Crippen molar-refractivity contribution >= 4 is 26.0 Å². The van der Waals surface area contributed by atoms with Gasteiger partial charge in [0, 0.05) is 0 Å². The van der Waals surface area contributed by atoms with Gasteiger partial charge in [0.15, 0.2) is 0 Å². The standard InChI is InChI=1S/C6H3FN2Se/c7-4-1-2-5-6(3-4)9-10-8-5/h1-3H. The predicted octanol–water partition coefficient (Wildman–Crippen LogP) is 0.826. The Kier molecular flexibility index (Phi) is 1.29. The summed E-state index contributed by atoms with van der Waals surface area (Å²) in [6.07, 6.45) is 0. The summed E-state index contributed by atoms with van der Waals surface area (Å²) in [5.41, 5.74) is 1.52. The van der Waals surface area contributed by atoms with Crippen molar-refractivity contribution in [2.75, 3.05) is 0 Å². The molecule has 2 aromatic rings. The molecule has 0 aliphatic carbocycles. The number of rotatable bonds is 0. The molecule has 0 atom stereocenters. The van der Waals surface area contributed by atoms with Crippen molar-refractivity contribution in [2.24, 2.45) is 0 Å². The van der Waals surface area contributed by atoms with Crippen molar-refractivity contribution in [2.45, 2.75) is 0 Å².